The van der Waals surface area contributed by atoms with E-state index in [1.165, 1.54) is 13.2 Å². The predicted molar refractivity (Wildman–Crippen MR) is 72.7 cm³/mol. The Morgan fingerprint density at radius 3 is 2.37 bits per heavy atom. The predicted octanol–water partition coefficient (Wildman–Crippen LogP) is 2.02. The number of nitrogens with two attached hydrogens (primary N) is 1. The van der Waals surface area contributed by atoms with Crippen LogP contribution in [0.15, 0.2) is 30.3 Å². The minimum Gasteiger partial charge on any atom is -0.507 e. The zero-order valence-electron chi connectivity index (χ0n) is 10.3. The van der Waals surface area contributed by atoms with E-state index in [2.05, 4.69) is 4.74 Å². The molecule has 0 saturated carbocycles. The summed E-state index contributed by atoms with van der Waals surface area (Å²) in [6, 6.07) is 6.75. The number of rotatable bonds is 2. The number of fused-ring (bicyclic) bond motifs is 1. The van der Waals surface area contributed by atoms with Crippen LogP contribution in [0.5, 0.6) is 11.5 Å². The smallest absolute Gasteiger partial charge is 0.330 e. The Morgan fingerprint density at radius 2 is 1.79 bits per heavy atom. The largest absolute Gasteiger partial charge is 0.507 e. The van der Waals surface area contributed by atoms with Crippen molar-refractivity contribution in [2.45, 2.75) is 0 Å². The van der Waals surface area contributed by atoms with E-state index in [1.807, 2.05) is 0 Å². The number of aromatic hydroxyl groups is 2. The molecule has 19 heavy (non-hydrogen) atoms. The molecule has 0 fully saturated rings. The number of phenolic OH excluding ortho intramolecular Hbond substituents is 2. The fourth-order valence-electron chi connectivity index (χ4n) is 1.83. The molecule has 0 saturated heterocycles. The van der Waals surface area contributed by atoms with Gasteiger partial charge in [0.2, 0.25) is 0 Å². The molecule has 0 aliphatic carbocycles. The highest BCUT2D eigenvalue weighted by Crippen LogP contribution is 2.41. The van der Waals surface area contributed by atoms with Crippen molar-refractivity contribution in [2.75, 3.05) is 12.8 Å². The summed E-state index contributed by atoms with van der Waals surface area (Å²) < 4.78 is 4.46. The Bertz CT molecular complexity index is 677. The first kappa shape index (κ1) is 12.8. The summed E-state index contributed by atoms with van der Waals surface area (Å²) >= 11 is 0. The summed E-state index contributed by atoms with van der Waals surface area (Å²) in [6.45, 7) is 0. The first-order valence-corrected chi connectivity index (χ1v) is 5.54. The van der Waals surface area contributed by atoms with Gasteiger partial charge in [-0.2, -0.15) is 0 Å². The summed E-state index contributed by atoms with van der Waals surface area (Å²) in [6.07, 6.45) is 2.43. The molecule has 0 aliphatic rings. The second-order valence-corrected chi connectivity index (χ2v) is 3.93. The molecule has 5 nitrogen and oxygen atoms in total. The lowest BCUT2D eigenvalue weighted by molar-refractivity contribution is -0.134. The third-order valence-electron chi connectivity index (χ3n) is 2.82. The lowest BCUT2D eigenvalue weighted by Gasteiger charge is -2.11. The van der Waals surface area contributed by atoms with Crippen molar-refractivity contribution >= 4 is 28.5 Å². The highest BCUT2D eigenvalue weighted by molar-refractivity contribution is 6.02. The van der Waals surface area contributed by atoms with Gasteiger partial charge in [0.05, 0.1) is 12.8 Å². The molecular weight excluding hydrogens is 246 g/mol. The number of phenols is 2. The van der Waals surface area contributed by atoms with Crippen LogP contribution in [0.25, 0.3) is 16.8 Å². The maximum absolute atomic E-state index is 11.1. The van der Waals surface area contributed by atoms with Crippen LogP contribution in [0.4, 0.5) is 5.69 Å². The number of carbonyl (C=O) groups is 1. The summed E-state index contributed by atoms with van der Waals surface area (Å²) in [7, 11) is 1.24. The summed E-state index contributed by atoms with van der Waals surface area (Å²) in [5, 5.41) is 21.1. The standard InChI is InChI=1S/C14H13NO4/c1-19-11(16)7-6-10-12(15)14(18)9-5-3-2-4-8(9)13(10)17/h2-7,17-18H,15H2,1H3. The third-order valence-corrected chi connectivity index (χ3v) is 2.82. The van der Waals surface area contributed by atoms with Crippen LogP contribution in [0, 0.1) is 0 Å². The average Bonchev–Trinajstić information content (AvgIpc) is 2.44. The fraction of sp³-hybridized carbons (Fsp3) is 0.0714. The van der Waals surface area contributed by atoms with Crippen LogP contribution < -0.4 is 5.73 Å². The van der Waals surface area contributed by atoms with E-state index in [9.17, 15) is 15.0 Å². The van der Waals surface area contributed by atoms with Gasteiger partial charge < -0.3 is 20.7 Å². The van der Waals surface area contributed by atoms with Gasteiger partial charge in [-0.25, -0.2) is 4.79 Å². The number of anilines is 1. The van der Waals surface area contributed by atoms with E-state index < -0.39 is 5.97 Å². The highest BCUT2D eigenvalue weighted by Gasteiger charge is 2.14. The van der Waals surface area contributed by atoms with E-state index in [0.29, 0.717) is 10.8 Å². The molecule has 0 unspecified atom stereocenters. The van der Waals surface area contributed by atoms with Crippen molar-refractivity contribution in [3.05, 3.63) is 35.9 Å². The lowest BCUT2D eigenvalue weighted by atomic mass is 10.0. The van der Waals surface area contributed by atoms with Crippen LogP contribution in [0.1, 0.15) is 5.56 Å². The van der Waals surface area contributed by atoms with Gasteiger partial charge in [0.1, 0.15) is 11.5 Å². The molecule has 0 radical (unpaired) electrons. The average molecular weight is 259 g/mol. The van der Waals surface area contributed by atoms with Crippen LogP contribution in [0.2, 0.25) is 0 Å². The Labute approximate surface area is 109 Å². The van der Waals surface area contributed by atoms with E-state index >= 15 is 0 Å². The third kappa shape index (κ3) is 2.18. The topological polar surface area (TPSA) is 92.8 Å². The summed E-state index contributed by atoms with van der Waals surface area (Å²) in [5.41, 5.74) is 5.96. The SMILES string of the molecule is COC(=O)C=Cc1c(N)c(O)c2ccccc2c1O. The molecule has 0 spiro atoms. The van der Waals surface area contributed by atoms with Gasteiger partial charge in [0.25, 0.3) is 0 Å². The first-order chi connectivity index (χ1) is 9.06. The number of carbonyl (C=O) groups excluding carboxylic acids is 1. The fourth-order valence-corrected chi connectivity index (χ4v) is 1.83. The van der Waals surface area contributed by atoms with Gasteiger partial charge in [-0.3, -0.25) is 0 Å². The minimum absolute atomic E-state index is 0.0105. The van der Waals surface area contributed by atoms with Gasteiger partial charge in [0, 0.05) is 22.4 Å². The molecule has 2 aromatic carbocycles. The van der Waals surface area contributed by atoms with Gasteiger partial charge in [-0.05, 0) is 6.08 Å². The molecular formula is C14H13NO4. The molecule has 0 bridgehead atoms. The quantitative estimate of drug-likeness (QED) is 0.252. The van der Waals surface area contributed by atoms with Crippen molar-refractivity contribution in [2.24, 2.45) is 0 Å². The number of hydrogen-bond donors (Lipinski definition) is 3. The van der Waals surface area contributed by atoms with Crippen LogP contribution >= 0.6 is 0 Å². The molecule has 0 heterocycles. The maximum atomic E-state index is 11.1. The Kier molecular flexibility index (Phi) is 3.29. The molecule has 4 N–H and O–H groups in total. The lowest BCUT2D eigenvalue weighted by Crippen LogP contribution is -1.96. The first-order valence-electron chi connectivity index (χ1n) is 5.54. The molecule has 0 atom stereocenters. The molecule has 5 heteroatoms. The van der Waals surface area contributed by atoms with Gasteiger partial charge in [0.15, 0.2) is 0 Å². The minimum atomic E-state index is -0.577. The number of nitrogen functional groups attached to an aromatic ring is 1. The monoisotopic (exact) mass is 259 g/mol. The Morgan fingerprint density at radius 1 is 1.21 bits per heavy atom. The van der Waals surface area contributed by atoms with E-state index in [-0.39, 0.29) is 22.7 Å². The summed E-state index contributed by atoms with van der Waals surface area (Å²) in [5.74, 6) is -0.796. The number of esters is 1. The van der Waals surface area contributed by atoms with Crippen molar-refractivity contribution in [3.63, 3.8) is 0 Å². The van der Waals surface area contributed by atoms with Crippen molar-refractivity contribution in [3.8, 4) is 11.5 Å². The normalized spacial score (nSPS) is 11.0. The molecule has 0 aliphatic heterocycles. The van der Waals surface area contributed by atoms with Crippen LogP contribution in [0.3, 0.4) is 0 Å². The Balaban J connectivity index is 2.68. The zero-order chi connectivity index (χ0) is 14.0. The van der Waals surface area contributed by atoms with Gasteiger partial charge in [-0.15, -0.1) is 0 Å². The zero-order valence-corrected chi connectivity index (χ0v) is 10.3. The second-order valence-electron chi connectivity index (χ2n) is 3.93. The van der Waals surface area contributed by atoms with E-state index in [0.717, 1.165) is 6.08 Å². The number of ether oxygens (including phenoxy) is 1. The van der Waals surface area contributed by atoms with E-state index in [4.69, 9.17) is 5.73 Å². The van der Waals surface area contributed by atoms with Gasteiger partial charge >= 0.3 is 5.97 Å². The molecule has 98 valence electrons. The molecule has 0 aromatic heterocycles. The second kappa shape index (κ2) is 4.89. The molecule has 2 aromatic rings. The summed E-state index contributed by atoms with van der Waals surface area (Å²) in [4.78, 5) is 11.1. The van der Waals surface area contributed by atoms with Crippen molar-refractivity contribution in [1.29, 1.82) is 0 Å². The van der Waals surface area contributed by atoms with Crippen LogP contribution in [-0.4, -0.2) is 23.3 Å². The maximum Gasteiger partial charge on any atom is 0.330 e. The number of hydrogen-bond acceptors (Lipinski definition) is 5. The van der Waals surface area contributed by atoms with Gasteiger partial charge in [-0.1, -0.05) is 24.3 Å². The number of methoxy groups -OCH3 is 1. The Hall–Kier alpha value is -2.69. The molecule has 2 rings (SSSR count). The number of benzene rings is 2. The van der Waals surface area contributed by atoms with Crippen LogP contribution in [-0.2, 0) is 9.53 Å². The van der Waals surface area contributed by atoms with E-state index in [1.54, 1.807) is 24.3 Å². The van der Waals surface area contributed by atoms with Crippen molar-refractivity contribution in [1.82, 2.24) is 0 Å². The highest BCUT2D eigenvalue weighted by atomic mass is 16.5. The van der Waals surface area contributed by atoms with Crippen molar-refractivity contribution < 1.29 is 19.7 Å². The molecule has 0 amide bonds.